The number of benzene rings is 1. The average Bonchev–Trinajstić information content (AvgIpc) is 2.71. The summed E-state index contributed by atoms with van der Waals surface area (Å²) < 4.78 is 10.8. The van der Waals surface area contributed by atoms with E-state index in [0.717, 1.165) is 22.4 Å². The van der Waals surface area contributed by atoms with Gasteiger partial charge in [0, 0.05) is 5.56 Å². The molecule has 0 fully saturated rings. The highest BCUT2D eigenvalue weighted by Gasteiger charge is 2.24. The van der Waals surface area contributed by atoms with Crippen molar-refractivity contribution in [1.29, 1.82) is 0 Å². The first kappa shape index (κ1) is 11.8. The Morgan fingerprint density at radius 1 is 1.47 bits per heavy atom. The van der Waals surface area contributed by atoms with Crippen LogP contribution in [-0.4, -0.2) is 17.9 Å². The molecule has 4 heteroatoms. The summed E-state index contributed by atoms with van der Waals surface area (Å²) in [4.78, 5) is 10.9. The summed E-state index contributed by atoms with van der Waals surface area (Å²) in [7, 11) is 0. The van der Waals surface area contributed by atoms with E-state index in [1.54, 1.807) is 6.92 Å². The molecule has 0 amide bonds. The Kier molecular flexibility index (Phi) is 2.96. The maximum absolute atomic E-state index is 10.9. The van der Waals surface area contributed by atoms with Crippen LogP contribution in [0.15, 0.2) is 6.07 Å². The van der Waals surface area contributed by atoms with Gasteiger partial charge in [-0.3, -0.25) is 4.79 Å². The fourth-order valence-electron chi connectivity index (χ4n) is 1.98. The van der Waals surface area contributed by atoms with Crippen LogP contribution in [0.4, 0.5) is 0 Å². The lowest BCUT2D eigenvalue weighted by molar-refractivity contribution is -0.141. The Morgan fingerprint density at radius 2 is 2.18 bits per heavy atom. The van der Waals surface area contributed by atoms with E-state index >= 15 is 0 Å². The second-order valence-corrected chi connectivity index (χ2v) is 4.47. The topological polar surface area (TPSA) is 55.8 Å². The van der Waals surface area contributed by atoms with E-state index in [2.05, 4.69) is 0 Å². The van der Waals surface area contributed by atoms with Gasteiger partial charge in [0.1, 0.15) is 0 Å². The van der Waals surface area contributed by atoms with Crippen molar-refractivity contribution in [2.24, 2.45) is 5.92 Å². The zero-order chi connectivity index (χ0) is 12.6. The lowest BCUT2D eigenvalue weighted by Crippen LogP contribution is -2.13. The summed E-state index contributed by atoms with van der Waals surface area (Å²) in [5.41, 5.74) is 3.14. The SMILES string of the molecule is Cc1cc2c(c(CC(C)C(=O)O)c1C)OCO2. The standard InChI is InChI=1S/C13H16O4/c1-7-5-11-12(17-6-16-11)10(9(7)3)4-8(2)13(14)15/h5,8H,4,6H2,1-3H3,(H,14,15). The van der Waals surface area contributed by atoms with Gasteiger partial charge < -0.3 is 14.6 Å². The molecular weight excluding hydrogens is 220 g/mol. The summed E-state index contributed by atoms with van der Waals surface area (Å²) in [5, 5.41) is 8.98. The first-order valence-corrected chi connectivity index (χ1v) is 5.62. The Labute approximate surface area is 100 Å². The van der Waals surface area contributed by atoms with Crippen LogP contribution in [0.5, 0.6) is 11.5 Å². The molecule has 1 aromatic carbocycles. The summed E-state index contributed by atoms with van der Waals surface area (Å²) in [6.07, 6.45) is 0.467. The molecular formula is C13H16O4. The molecule has 0 bridgehead atoms. The number of hydrogen-bond acceptors (Lipinski definition) is 3. The van der Waals surface area contributed by atoms with Crippen LogP contribution < -0.4 is 9.47 Å². The van der Waals surface area contributed by atoms with Gasteiger partial charge in [-0.15, -0.1) is 0 Å². The van der Waals surface area contributed by atoms with Gasteiger partial charge in [-0.25, -0.2) is 0 Å². The lowest BCUT2D eigenvalue weighted by atomic mass is 9.93. The summed E-state index contributed by atoms with van der Waals surface area (Å²) in [5.74, 6) is 0.212. The highest BCUT2D eigenvalue weighted by molar-refractivity contribution is 5.70. The molecule has 92 valence electrons. The van der Waals surface area contributed by atoms with E-state index in [-0.39, 0.29) is 6.79 Å². The van der Waals surface area contributed by atoms with Crippen LogP contribution in [-0.2, 0) is 11.2 Å². The molecule has 0 aromatic heterocycles. The van der Waals surface area contributed by atoms with Crippen LogP contribution in [0.1, 0.15) is 23.6 Å². The van der Waals surface area contributed by atoms with Gasteiger partial charge in [-0.1, -0.05) is 6.92 Å². The Hall–Kier alpha value is -1.71. The number of aryl methyl sites for hydroxylation is 1. The van der Waals surface area contributed by atoms with Gasteiger partial charge in [-0.05, 0) is 37.5 Å². The molecule has 0 spiro atoms. The molecule has 0 aliphatic carbocycles. The van der Waals surface area contributed by atoms with Crippen molar-refractivity contribution < 1.29 is 19.4 Å². The van der Waals surface area contributed by atoms with Crippen LogP contribution in [0.3, 0.4) is 0 Å². The van der Waals surface area contributed by atoms with Gasteiger partial charge in [0.05, 0.1) is 5.92 Å². The Morgan fingerprint density at radius 3 is 2.82 bits per heavy atom. The summed E-state index contributed by atoms with van der Waals surface area (Å²) in [6, 6.07) is 1.94. The van der Waals surface area contributed by atoms with Crippen LogP contribution >= 0.6 is 0 Å². The number of fused-ring (bicyclic) bond motifs is 1. The number of carbonyl (C=O) groups is 1. The first-order chi connectivity index (χ1) is 8.00. The van der Waals surface area contributed by atoms with Crippen molar-refractivity contribution in [3.8, 4) is 11.5 Å². The molecule has 1 heterocycles. The second-order valence-electron chi connectivity index (χ2n) is 4.47. The zero-order valence-corrected chi connectivity index (χ0v) is 10.2. The molecule has 17 heavy (non-hydrogen) atoms. The molecule has 1 aliphatic heterocycles. The van der Waals surface area contributed by atoms with Crippen molar-refractivity contribution in [1.82, 2.24) is 0 Å². The van der Waals surface area contributed by atoms with E-state index in [1.165, 1.54) is 0 Å². The molecule has 1 aromatic rings. The second kappa shape index (κ2) is 4.28. The van der Waals surface area contributed by atoms with E-state index in [9.17, 15) is 4.79 Å². The zero-order valence-electron chi connectivity index (χ0n) is 10.2. The molecule has 1 aliphatic rings. The fourth-order valence-corrected chi connectivity index (χ4v) is 1.98. The third-order valence-corrected chi connectivity index (χ3v) is 3.24. The predicted molar refractivity (Wildman–Crippen MR) is 62.5 cm³/mol. The smallest absolute Gasteiger partial charge is 0.306 e. The van der Waals surface area contributed by atoms with E-state index in [1.807, 2.05) is 19.9 Å². The number of ether oxygens (including phenoxy) is 2. The molecule has 1 N–H and O–H groups in total. The van der Waals surface area contributed by atoms with Crippen molar-refractivity contribution in [2.75, 3.05) is 6.79 Å². The maximum Gasteiger partial charge on any atom is 0.306 e. The highest BCUT2D eigenvalue weighted by atomic mass is 16.7. The van der Waals surface area contributed by atoms with E-state index in [0.29, 0.717) is 12.2 Å². The predicted octanol–water partition coefficient (Wildman–Crippen LogP) is 2.30. The van der Waals surface area contributed by atoms with Crippen molar-refractivity contribution >= 4 is 5.97 Å². The lowest BCUT2D eigenvalue weighted by Gasteiger charge is -2.14. The van der Waals surface area contributed by atoms with Crippen LogP contribution in [0.2, 0.25) is 0 Å². The molecule has 0 saturated heterocycles. The number of carboxylic acid groups (broad SMARTS) is 1. The largest absolute Gasteiger partial charge is 0.481 e. The maximum atomic E-state index is 10.9. The van der Waals surface area contributed by atoms with Gasteiger partial charge in [0.15, 0.2) is 11.5 Å². The third kappa shape index (κ3) is 2.07. The quantitative estimate of drug-likeness (QED) is 0.874. The molecule has 1 atom stereocenters. The number of hydrogen-bond donors (Lipinski definition) is 1. The average molecular weight is 236 g/mol. The molecule has 0 radical (unpaired) electrons. The van der Waals surface area contributed by atoms with Gasteiger partial charge in [-0.2, -0.15) is 0 Å². The minimum atomic E-state index is -0.793. The van der Waals surface area contributed by atoms with E-state index in [4.69, 9.17) is 14.6 Å². The normalized spacial score (nSPS) is 14.8. The molecule has 1 unspecified atom stereocenters. The molecule has 4 nitrogen and oxygen atoms in total. The van der Waals surface area contributed by atoms with Gasteiger partial charge >= 0.3 is 5.97 Å². The highest BCUT2D eigenvalue weighted by Crippen LogP contribution is 2.40. The first-order valence-electron chi connectivity index (χ1n) is 5.62. The Balaban J connectivity index is 2.42. The fraction of sp³-hybridized carbons (Fsp3) is 0.462. The third-order valence-electron chi connectivity index (χ3n) is 3.24. The molecule has 2 rings (SSSR count). The Bertz CT molecular complexity index is 465. The van der Waals surface area contributed by atoms with Crippen LogP contribution in [0.25, 0.3) is 0 Å². The number of aliphatic carboxylic acids is 1. The van der Waals surface area contributed by atoms with Crippen molar-refractivity contribution in [3.05, 3.63) is 22.8 Å². The minimum absolute atomic E-state index is 0.215. The van der Waals surface area contributed by atoms with Gasteiger partial charge in [0.25, 0.3) is 0 Å². The van der Waals surface area contributed by atoms with E-state index < -0.39 is 11.9 Å². The van der Waals surface area contributed by atoms with Crippen molar-refractivity contribution in [3.63, 3.8) is 0 Å². The van der Waals surface area contributed by atoms with Gasteiger partial charge in [0.2, 0.25) is 6.79 Å². The summed E-state index contributed by atoms with van der Waals surface area (Å²) >= 11 is 0. The van der Waals surface area contributed by atoms with Crippen molar-refractivity contribution in [2.45, 2.75) is 27.2 Å². The minimum Gasteiger partial charge on any atom is -0.481 e. The number of rotatable bonds is 3. The van der Waals surface area contributed by atoms with Crippen LogP contribution in [0, 0.1) is 19.8 Å². The monoisotopic (exact) mass is 236 g/mol. The molecule has 0 saturated carbocycles. The number of carboxylic acids is 1. The summed E-state index contributed by atoms with van der Waals surface area (Å²) in [6.45, 7) is 5.90.